The number of thiazole rings is 1. The molecule has 0 saturated carbocycles. The van der Waals surface area contributed by atoms with Crippen molar-refractivity contribution in [2.24, 2.45) is 5.92 Å². The maximum atomic E-state index is 13.5. The van der Waals surface area contributed by atoms with Crippen molar-refractivity contribution >= 4 is 28.8 Å². The summed E-state index contributed by atoms with van der Waals surface area (Å²) in [4.78, 5) is 31.1. The predicted octanol–water partition coefficient (Wildman–Crippen LogP) is 4.58. The van der Waals surface area contributed by atoms with Crippen molar-refractivity contribution in [3.8, 4) is 11.3 Å². The summed E-state index contributed by atoms with van der Waals surface area (Å²) < 4.78 is 26.6. The predicted molar refractivity (Wildman–Crippen MR) is 111 cm³/mol. The lowest BCUT2D eigenvalue weighted by Gasteiger charge is -2.32. The number of nitrogens with one attached hydrogen (secondary N) is 1. The fraction of sp³-hybridized carbons (Fsp3) is 0.227. The van der Waals surface area contributed by atoms with Crippen LogP contribution >= 0.6 is 11.3 Å². The number of likely N-dealkylation sites (tertiary alicyclic amines) is 1. The summed E-state index contributed by atoms with van der Waals surface area (Å²) in [7, 11) is 0. The highest BCUT2D eigenvalue weighted by atomic mass is 32.1. The Hall–Kier alpha value is -3.13. The third-order valence-electron chi connectivity index (χ3n) is 5.13. The molecule has 2 amide bonds. The molecule has 1 aliphatic heterocycles. The number of carbonyl (C=O) groups excluding carboxylic acids is 2. The van der Waals surface area contributed by atoms with Gasteiger partial charge in [0.1, 0.15) is 0 Å². The second-order valence-corrected chi connectivity index (χ2v) is 7.88. The van der Waals surface area contributed by atoms with Gasteiger partial charge in [-0.05, 0) is 43.2 Å². The van der Waals surface area contributed by atoms with E-state index in [1.54, 1.807) is 5.51 Å². The Morgan fingerprint density at radius 2 is 1.90 bits per heavy atom. The van der Waals surface area contributed by atoms with Crippen LogP contribution in [0.1, 0.15) is 23.2 Å². The molecule has 154 valence electrons. The molecule has 3 aromatic rings. The quantitative estimate of drug-likeness (QED) is 0.663. The summed E-state index contributed by atoms with van der Waals surface area (Å²) in [6.45, 7) is 0.713. The Morgan fingerprint density at radius 1 is 1.10 bits per heavy atom. The molecule has 0 bridgehead atoms. The number of aromatic nitrogens is 1. The third-order valence-corrected chi connectivity index (χ3v) is 5.71. The molecule has 1 fully saturated rings. The topological polar surface area (TPSA) is 62.3 Å². The standard InChI is InChI=1S/C22H19F2N3O2S/c23-18-8-5-15(10-19(18)24)22(29)27-9-1-2-16(11-27)21(28)26-17-6-3-14(4-7-17)20-12-30-13-25-20/h3-8,10,12-13,16H,1-2,9,11H2,(H,26,28). The Kier molecular flexibility index (Phi) is 5.85. The fourth-order valence-electron chi connectivity index (χ4n) is 3.51. The van der Waals surface area contributed by atoms with E-state index in [1.165, 1.54) is 22.3 Å². The first-order chi connectivity index (χ1) is 14.5. The minimum absolute atomic E-state index is 0.0765. The van der Waals surface area contributed by atoms with E-state index in [0.29, 0.717) is 25.1 Å². The highest BCUT2D eigenvalue weighted by Gasteiger charge is 2.29. The first-order valence-corrected chi connectivity index (χ1v) is 10.5. The minimum atomic E-state index is -1.06. The maximum Gasteiger partial charge on any atom is 0.253 e. The lowest BCUT2D eigenvalue weighted by molar-refractivity contribution is -0.121. The van der Waals surface area contributed by atoms with Crippen LogP contribution in [0, 0.1) is 17.6 Å². The zero-order valence-corrected chi connectivity index (χ0v) is 16.8. The van der Waals surface area contributed by atoms with Crippen LogP contribution in [0.3, 0.4) is 0 Å². The third kappa shape index (κ3) is 4.38. The Balaban J connectivity index is 1.39. The van der Waals surface area contributed by atoms with E-state index in [4.69, 9.17) is 0 Å². The van der Waals surface area contributed by atoms with Gasteiger partial charge in [-0.2, -0.15) is 0 Å². The van der Waals surface area contributed by atoms with Gasteiger partial charge in [0.05, 0.1) is 17.1 Å². The van der Waals surface area contributed by atoms with E-state index in [9.17, 15) is 18.4 Å². The van der Waals surface area contributed by atoms with E-state index >= 15 is 0 Å². The Bertz CT molecular complexity index is 1050. The molecule has 2 aromatic carbocycles. The molecule has 4 rings (SSSR count). The van der Waals surface area contributed by atoms with Gasteiger partial charge in [0, 0.05) is 35.3 Å². The number of halogens is 2. The number of anilines is 1. The second kappa shape index (κ2) is 8.71. The Labute approximate surface area is 176 Å². The van der Waals surface area contributed by atoms with Gasteiger partial charge < -0.3 is 10.2 Å². The smallest absolute Gasteiger partial charge is 0.253 e. The van der Waals surface area contributed by atoms with Crippen LogP contribution in [0.25, 0.3) is 11.3 Å². The summed E-state index contributed by atoms with van der Waals surface area (Å²) in [5.74, 6) is -3.00. The lowest BCUT2D eigenvalue weighted by atomic mass is 9.96. The number of carbonyl (C=O) groups is 2. The SMILES string of the molecule is O=C(Nc1ccc(-c2cscn2)cc1)C1CCCN(C(=O)c2ccc(F)c(F)c2)C1. The van der Waals surface area contributed by atoms with Gasteiger partial charge in [-0.1, -0.05) is 12.1 Å². The van der Waals surface area contributed by atoms with E-state index in [-0.39, 0.29) is 23.9 Å². The average molecular weight is 427 g/mol. The van der Waals surface area contributed by atoms with Crippen LogP contribution in [-0.4, -0.2) is 34.8 Å². The van der Waals surface area contributed by atoms with Crippen LogP contribution in [0.4, 0.5) is 14.5 Å². The molecule has 0 radical (unpaired) electrons. The number of piperidine rings is 1. The van der Waals surface area contributed by atoms with Gasteiger partial charge in [-0.25, -0.2) is 13.8 Å². The van der Waals surface area contributed by atoms with E-state index in [1.807, 2.05) is 29.6 Å². The van der Waals surface area contributed by atoms with Crippen LogP contribution < -0.4 is 5.32 Å². The fourth-order valence-corrected chi connectivity index (χ4v) is 4.07. The summed E-state index contributed by atoms with van der Waals surface area (Å²) in [6, 6.07) is 10.5. The highest BCUT2D eigenvalue weighted by Crippen LogP contribution is 2.24. The van der Waals surface area contributed by atoms with Gasteiger partial charge in [0.2, 0.25) is 5.91 Å². The van der Waals surface area contributed by atoms with Gasteiger partial charge in [-0.3, -0.25) is 9.59 Å². The van der Waals surface area contributed by atoms with Crippen LogP contribution in [-0.2, 0) is 4.79 Å². The number of rotatable bonds is 4. The largest absolute Gasteiger partial charge is 0.338 e. The van der Waals surface area contributed by atoms with Gasteiger partial charge >= 0.3 is 0 Å². The first kappa shape index (κ1) is 20.2. The zero-order chi connectivity index (χ0) is 21.1. The van der Waals surface area contributed by atoms with Crippen LogP contribution in [0.15, 0.2) is 53.4 Å². The lowest BCUT2D eigenvalue weighted by Crippen LogP contribution is -2.43. The zero-order valence-electron chi connectivity index (χ0n) is 16.0. The van der Waals surface area contributed by atoms with E-state index in [0.717, 1.165) is 23.4 Å². The van der Waals surface area contributed by atoms with Crippen LogP contribution in [0.2, 0.25) is 0 Å². The molecule has 1 N–H and O–H groups in total. The first-order valence-electron chi connectivity index (χ1n) is 9.55. The molecule has 1 saturated heterocycles. The summed E-state index contributed by atoms with van der Waals surface area (Å²) in [5, 5.41) is 4.85. The van der Waals surface area contributed by atoms with Crippen molar-refractivity contribution < 1.29 is 18.4 Å². The molecule has 5 nitrogen and oxygen atoms in total. The number of nitrogens with zero attached hydrogens (tertiary/aromatic N) is 2. The molecule has 0 aliphatic carbocycles. The number of benzene rings is 2. The molecular formula is C22H19F2N3O2S. The molecule has 8 heteroatoms. The second-order valence-electron chi connectivity index (χ2n) is 7.16. The molecule has 30 heavy (non-hydrogen) atoms. The summed E-state index contributed by atoms with van der Waals surface area (Å²) >= 11 is 1.52. The minimum Gasteiger partial charge on any atom is -0.338 e. The molecule has 0 spiro atoms. The highest BCUT2D eigenvalue weighted by molar-refractivity contribution is 7.07. The van der Waals surface area contributed by atoms with E-state index < -0.39 is 17.5 Å². The van der Waals surface area contributed by atoms with Crippen LogP contribution in [0.5, 0.6) is 0 Å². The molecule has 1 unspecified atom stereocenters. The van der Waals surface area contributed by atoms with Crippen molar-refractivity contribution in [1.82, 2.24) is 9.88 Å². The summed E-state index contributed by atoms with van der Waals surface area (Å²) in [5.41, 5.74) is 4.36. The summed E-state index contributed by atoms with van der Waals surface area (Å²) in [6.07, 6.45) is 1.32. The molecule has 1 aliphatic rings. The Morgan fingerprint density at radius 3 is 2.60 bits per heavy atom. The van der Waals surface area contributed by atoms with Gasteiger partial charge in [0.15, 0.2) is 11.6 Å². The normalized spacial score (nSPS) is 16.3. The van der Waals surface area contributed by atoms with Crippen molar-refractivity contribution in [2.75, 3.05) is 18.4 Å². The van der Waals surface area contributed by atoms with Crippen molar-refractivity contribution in [3.63, 3.8) is 0 Å². The van der Waals surface area contributed by atoms with E-state index in [2.05, 4.69) is 10.3 Å². The molecule has 1 aromatic heterocycles. The van der Waals surface area contributed by atoms with Crippen molar-refractivity contribution in [1.29, 1.82) is 0 Å². The molecule has 2 heterocycles. The monoisotopic (exact) mass is 427 g/mol. The molecular weight excluding hydrogens is 408 g/mol. The number of hydrogen-bond acceptors (Lipinski definition) is 4. The van der Waals surface area contributed by atoms with Crippen molar-refractivity contribution in [3.05, 3.63) is 70.6 Å². The maximum absolute atomic E-state index is 13.5. The average Bonchev–Trinajstić information content (AvgIpc) is 3.31. The number of amides is 2. The van der Waals surface area contributed by atoms with Crippen molar-refractivity contribution in [2.45, 2.75) is 12.8 Å². The van der Waals surface area contributed by atoms with Gasteiger partial charge in [-0.15, -0.1) is 11.3 Å². The molecule has 1 atom stereocenters. The number of hydrogen-bond donors (Lipinski definition) is 1. The van der Waals surface area contributed by atoms with Gasteiger partial charge in [0.25, 0.3) is 5.91 Å².